The van der Waals surface area contributed by atoms with Crippen molar-refractivity contribution in [1.29, 1.82) is 0 Å². The summed E-state index contributed by atoms with van der Waals surface area (Å²) in [6.45, 7) is 8.29. The molecule has 1 aromatic rings. The number of nitrogens with one attached hydrogen (secondary N) is 1. The maximum Gasteiger partial charge on any atom is 0.293 e. The van der Waals surface area contributed by atoms with Gasteiger partial charge in [-0.2, -0.15) is 0 Å². The Balaban J connectivity index is 2.07. The molecule has 21 heavy (non-hydrogen) atoms. The van der Waals surface area contributed by atoms with Crippen LogP contribution in [-0.4, -0.2) is 16.1 Å². The molecule has 1 heterocycles. The maximum absolute atomic E-state index is 12.3. The van der Waals surface area contributed by atoms with Crippen LogP contribution in [0.5, 0.6) is 0 Å². The Bertz CT molecular complexity index is 501. The van der Waals surface area contributed by atoms with Crippen molar-refractivity contribution in [1.82, 2.24) is 9.55 Å². The van der Waals surface area contributed by atoms with Gasteiger partial charge in [-0.15, -0.1) is 0 Å². The molecule has 0 spiro atoms. The van der Waals surface area contributed by atoms with Gasteiger partial charge in [0.2, 0.25) is 0 Å². The molecule has 1 aliphatic rings. The van der Waals surface area contributed by atoms with Gasteiger partial charge >= 0.3 is 0 Å². The Morgan fingerprint density at radius 1 is 1.38 bits per heavy atom. The molecular formula is C17H29N3O. The van der Waals surface area contributed by atoms with Crippen LogP contribution in [0.2, 0.25) is 0 Å². The minimum absolute atomic E-state index is 0.0112. The van der Waals surface area contributed by atoms with E-state index in [1.165, 1.54) is 32.1 Å². The summed E-state index contributed by atoms with van der Waals surface area (Å²) in [5, 5.41) is 3.36. The van der Waals surface area contributed by atoms with Crippen molar-refractivity contribution >= 4 is 5.82 Å². The fourth-order valence-corrected chi connectivity index (χ4v) is 3.70. The van der Waals surface area contributed by atoms with Crippen LogP contribution in [0.1, 0.15) is 59.3 Å². The van der Waals surface area contributed by atoms with E-state index in [1.54, 1.807) is 17.0 Å². The van der Waals surface area contributed by atoms with E-state index in [1.807, 2.05) is 0 Å². The topological polar surface area (TPSA) is 46.9 Å². The Morgan fingerprint density at radius 2 is 2.10 bits per heavy atom. The second-order valence-electron chi connectivity index (χ2n) is 6.93. The van der Waals surface area contributed by atoms with Gasteiger partial charge in [0, 0.05) is 25.5 Å². The lowest BCUT2D eigenvalue weighted by Crippen LogP contribution is -2.32. The summed E-state index contributed by atoms with van der Waals surface area (Å²) in [5.74, 6) is 1.21. The summed E-state index contributed by atoms with van der Waals surface area (Å²) >= 11 is 0. The first-order valence-electron chi connectivity index (χ1n) is 8.36. The van der Waals surface area contributed by atoms with Crippen molar-refractivity contribution in [2.75, 3.05) is 11.9 Å². The third-order valence-corrected chi connectivity index (χ3v) is 4.51. The quantitative estimate of drug-likeness (QED) is 0.833. The molecular weight excluding hydrogens is 262 g/mol. The summed E-state index contributed by atoms with van der Waals surface area (Å²) in [5.41, 5.74) is 0.366. The summed E-state index contributed by atoms with van der Waals surface area (Å²) in [6, 6.07) is 0. The van der Waals surface area contributed by atoms with E-state index in [0.29, 0.717) is 17.2 Å². The van der Waals surface area contributed by atoms with Gasteiger partial charge in [0.25, 0.3) is 5.56 Å². The molecule has 1 aliphatic carbocycles. The molecule has 1 saturated carbocycles. The van der Waals surface area contributed by atoms with E-state index < -0.39 is 0 Å². The van der Waals surface area contributed by atoms with E-state index in [-0.39, 0.29) is 5.56 Å². The summed E-state index contributed by atoms with van der Waals surface area (Å²) in [7, 11) is 0. The first kappa shape index (κ1) is 16.1. The average Bonchev–Trinajstić information content (AvgIpc) is 2.88. The highest BCUT2D eigenvalue weighted by atomic mass is 16.1. The SMILES string of the molecule is CCCn1ccnc(NCC2(CC(C)C)CCCC2)c1=O. The van der Waals surface area contributed by atoms with Crippen LogP contribution in [0.4, 0.5) is 5.82 Å². The van der Waals surface area contributed by atoms with Crippen molar-refractivity contribution in [2.45, 2.75) is 65.8 Å². The van der Waals surface area contributed by atoms with Gasteiger partial charge in [-0.25, -0.2) is 4.98 Å². The first-order valence-corrected chi connectivity index (χ1v) is 8.36. The fourth-order valence-electron chi connectivity index (χ4n) is 3.70. The Hall–Kier alpha value is -1.32. The lowest BCUT2D eigenvalue weighted by molar-refractivity contribution is 0.252. The highest BCUT2D eigenvalue weighted by Gasteiger charge is 2.34. The van der Waals surface area contributed by atoms with Gasteiger partial charge < -0.3 is 9.88 Å². The zero-order valence-electron chi connectivity index (χ0n) is 13.7. The molecule has 0 atom stereocenters. The zero-order valence-corrected chi connectivity index (χ0v) is 13.7. The zero-order chi connectivity index (χ0) is 15.3. The number of nitrogens with zero attached hydrogens (tertiary/aromatic N) is 2. The number of aromatic nitrogens is 2. The highest BCUT2D eigenvalue weighted by Crippen LogP contribution is 2.43. The van der Waals surface area contributed by atoms with Gasteiger partial charge in [0.1, 0.15) is 0 Å². The minimum atomic E-state index is 0.0112. The van der Waals surface area contributed by atoms with E-state index in [4.69, 9.17) is 0 Å². The van der Waals surface area contributed by atoms with E-state index in [9.17, 15) is 4.79 Å². The second kappa shape index (κ2) is 7.10. The average molecular weight is 291 g/mol. The molecule has 2 rings (SSSR count). The fraction of sp³-hybridized carbons (Fsp3) is 0.765. The summed E-state index contributed by atoms with van der Waals surface area (Å²) in [6.07, 6.45) is 10.9. The molecule has 0 aliphatic heterocycles. The Morgan fingerprint density at radius 3 is 2.71 bits per heavy atom. The van der Waals surface area contributed by atoms with Gasteiger partial charge in [-0.1, -0.05) is 33.6 Å². The van der Waals surface area contributed by atoms with Crippen LogP contribution in [-0.2, 0) is 6.54 Å². The molecule has 4 nitrogen and oxygen atoms in total. The highest BCUT2D eigenvalue weighted by molar-refractivity contribution is 5.31. The number of hydrogen-bond donors (Lipinski definition) is 1. The van der Waals surface area contributed by atoms with Crippen molar-refractivity contribution in [3.8, 4) is 0 Å². The smallest absolute Gasteiger partial charge is 0.293 e. The van der Waals surface area contributed by atoms with E-state index in [2.05, 4.69) is 31.1 Å². The minimum Gasteiger partial charge on any atom is -0.365 e. The molecule has 0 unspecified atom stereocenters. The van der Waals surface area contributed by atoms with Crippen LogP contribution in [0, 0.1) is 11.3 Å². The molecule has 0 bridgehead atoms. The number of rotatable bonds is 7. The molecule has 1 aromatic heterocycles. The van der Waals surface area contributed by atoms with Crippen molar-refractivity contribution in [3.63, 3.8) is 0 Å². The molecule has 4 heteroatoms. The molecule has 1 N–H and O–H groups in total. The molecule has 0 aromatic carbocycles. The Kier molecular flexibility index (Phi) is 5.43. The molecule has 118 valence electrons. The summed E-state index contributed by atoms with van der Waals surface area (Å²) in [4.78, 5) is 16.6. The third kappa shape index (κ3) is 4.08. The first-order chi connectivity index (χ1) is 10.1. The molecule has 0 amide bonds. The van der Waals surface area contributed by atoms with E-state index in [0.717, 1.165) is 19.5 Å². The Labute approximate surface area is 128 Å². The monoisotopic (exact) mass is 291 g/mol. The standard InChI is InChI=1S/C17H29N3O/c1-4-10-20-11-9-18-15(16(20)21)19-13-17(12-14(2)3)7-5-6-8-17/h9,11,14H,4-8,10,12-13H2,1-3H3,(H,18,19). The number of anilines is 1. The maximum atomic E-state index is 12.3. The molecule has 0 radical (unpaired) electrons. The molecule has 1 fully saturated rings. The van der Waals surface area contributed by atoms with Gasteiger partial charge in [-0.3, -0.25) is 4.79 Å². The van der Waals surface area contributed by atoms with E-state index >= 15 is 0 Å². The van der Waals surface area contributed by atoms with Crippen LogP contribution >= 0.6 is 0 Å². The molecule has 0 saturated heterocycles. The van der Waals surface area contributed by atoms with Crippen molar-refractivity contribution in [2.24, 2.45) is 11.3 Å². The number of aryl methyl sites for hydroxylation is 1. The van der Waals surface area contributed by atoms with Crippen LogP contribution < -0.4 is 10.9 Å². The predicted octanol–water partition coefficient (Wildman–Crippen LogP) is 3.67. The van der Waals surface area contributed by atoms with Crippen LogP contribution in [0.25, 0.3) is 0 Å². The largest absolute Gasteiger partial charge is 0.365 e. The van der Waals surface area contributed by atoms with Gasteiger partial charge in [-0.05, 0) is 37.0 Å². The normalized spacial score (nSPS) is 17.3. The van der Waals surface area contributed by atoms with Gasteiger partial charge in [0.05, 0.1) is 0 Å². The summed E-state index contributed by atoms with van der Waals surface area (Å²) < 4.78 is 1.75. The van der Waals surface area contributed by atoms with Crippen LogP contribution in [0.3, 0.4) is 0 Å². The lowest BCUT2D eigenvalue weighted by atomic mass is 9.78. The van der Waals surface area contributed by atoms with Crippen molar-refractivity contribution < 1.29 is 0 Å². The van der Waals surface area contributed by atoms with Gasteiger partial charge in [0.15, 0.2) is 5.82 Å². The number of hydrogen-bond acceptors (Lipinski definition) is 3. The third-order valence-electron chi connectivity index (χ3n) is 4.51. The lowest BCUT2D eigenvalue weighted by Gasteiger charge is -2.31. The van der Waals surface area contributed by atoms with Crippen LogP contribution in [0.15, 0.2) is 17.2 Å². The predicted molar refractivity (Wildman–Crippen MR) is 87.6 cm³/mol. The second-order valence-corrected chi connectivity index (χ2v) is 6.93. The van der Waals surface area contributed by atoms with Crippen molar-refractivity contribution in [3.05, 3.63) is 22.7 Å².